The molecule has 14 heavy (non-hydrogen) atoms. The van der Waals surface area contributed by atoms with Gasteiger partial charge in [0.25, 0.3) is 0 Å². The van der Waals surface area contributed by atoms with Crippen LogP contribution in [-0.2, 0) is 6.42 Å². The Morgan fingerprint density at radius 1 is 1.43 bits per heavy atom. The van der Waals surface area contributed by atoms with Crippen LogP contribution in [0.3, 0.4) is 0 Å². The van der Waals surface area contributed by atoms with Crippen molar-refractivity contribution in [1.29, 1.82) is 0 Å². The van der Waals surface area contributed by atoms with Crippen LogP contribution in [0.1, 0.15) is 12.5 Å². The first-order valence-corrected chi connectivity index (χ1v) is 5.58. The second-order valence-corrected chi connectivity index (χ2v) is 3.99. The van der Waals surface area contributed by atoms with Gasteiger partial charge in [0.1, 0.15) is 5.69 Å². The van der Waals surface area contributed by atoms with Gasteiger partial charge in [-0.2, -0.15) is 0 Å². The monoisotopic (exact) mass is 224 g/mol. The van der Waals surface area contributed by atoms with Gasteiger partial charge in [0.05, 0.1) is 0 Å². The van der Waals surface area contributed by atoms with Gasteiger partial charge in [0.15, 0.2) is 0 Å². The topological polar surface area (TPSA) is 25.8 Å². The van der Waals surface area contributed by atoms with E-state index in [1.807, 2.05) is 23.6 Å². The fourth-order valence-electron chi connectivity index (χ4n) is 1.39. The van der Waals surface area contributed by atoms with E-state index in [9.17, 15) is 0 Å². The van der Waals surface area contributed by atoms with Crippen LogP contribution in [0.5, 0.6) is 0 Å². The first-order valence-electron chi connectivity index (χ1n) is 4.37. The third kappa shape index (κ3) is 1.79. The Morgan fingerprint density at radius 2 is 2.29 bits per heavy atom. The quantitative estimate of drug-likeness (QED) is 0.781. The summed E-state index contributed by atoms with van der Waals surface area (Å²) in [5, 5.41) is 6.77. The molecule has 2 nitrogen and oxygen atoms in total. The van der Waals surface area contributed by atoms with Gasteiger partial charge in [-0.1, -0.05) is 29.1 Å². The van der Waals surface area contributed by atoms with Crippen LogP contribution in [0.4, 0.5) is 0 Å². The molecule has 0 bridgehead atoms. The molecule has 2 aromatic rings. The summed E-state index contributed by atoms with van der Waals surface area (Å²) in [7, 11) is 0. The maximum Gasteiger partial charge on any atom is 0.106 e. The highest BCUT2D eigenvalue weighted by Crippen LogP contribution is 2.25. The SMILES string of the molecule is CCc1cc(Cl)ccc1-c1csnn1. The molecule has 0 fully saturated rings. The Labute approximate surface area is 91.7 Å². The summed E-state index contributed by atoms with van der Waals surface area (Å²) in [6, 6.07) is 5.86. The standard InChI is InChI=1S/C10H9ClN2S/c1-2-7-5-8(11)3-4-9(7)10-6-14-13-12-10/h3-6H,2H2,1H3. The van der Waals surface area contributed by atoms with Gasteiger partial charge in [-0.3, -0.25) is 0 Å². The molecule has 0 N–H and O–H groups in total. The number of rotatable bonds is 2. The number of aryl methyl sites for hydroxylation is 1. The Bertz CT molecular complexity index is 426. The molecule has 1 aromatic heterocycles. The highest BCUT2D eigenvalue weighted by molar-refractivity contribution is 7.03. The van der Waals surface area contributed by atoms with Crippen molar-refractivity contribution in [3.8, 4) is 11.3 Å². The Morgan fingerprint density at radius 3 is 2.93 bits per heavy atom. The zero-order valence-electron chi connectivity index (χ0n) is 7.70. The highest BCUT2D eigenvalue weighted by Gasteiger charge is 2.06. The predicted molar refractivity (Wildman–Crippen MR) is 59.7 cm³/mol. The lowest BCUT2D eigenvalue weighted by Gasteiger charge is -2.04. The minimum absolute atomic E-state index is 0.772. The molecular formula is C10H9ClN2S. The van der Waals surface area contributed by atoms with E-state index in [-0.39, 0.29) is 0 Å². The van der Waals surface area contributed by atoms with Crippen molar-refractivity contribution in [3.05, 3.63) is 34.2 Å². The van der Waals surface area contributed by atoms with Crippen LogP contribution in [0.15, 0.2) is 23.6 Å². The summed E-state index contributed by atoms with van der Waals surface area (Å²) in [6.07, 6.45) is 0.952. The largest absolute Gasteiger partial charge is 0.138 e. The third-order valence-electron chi connectivity index (χ3n) is 2.08. The lowest BCUT2D eigenvalue weighted by molar-refractivity contribution is 1.11. The maximum atomic E-state index is 5.92. The molecule has 0 saturated carbocycles. The second-order valence-electron chi connectivity index (χ2n) is 2.95. The third-order valence-corrected chi connectivity index (χ3v) is 2.82. The predicted octanol–water partition coefficient (Wildman–Crippen LogP) is 3.42. The van der Waals surface area contributed by atoms with E-state index < -0.39 is 0 Å². The minimum Gasteiger partial charge on any atom is -0.138 e. The molecule has 2 rings (SSSR count). The van der Waals surface area contributed by atoms with Gasteiger partial charge in [-0.25, -0.2) is 0 Å². The average Bonchev–Trinajstić information content (AvgIpc) is 2.70. The lowest BCUT2D eigenvalue weighted by Crippen LogP contribution is -1.87. The van der Waals surface area contributed by atoms with Crippen LogP contribution < -0.4 is 0 Å². The van der Waals surface area contributed by atoms with Crippen LogP contribution in [0.2, 0.25) is 5.02 Å². The molecule has 0 aliphatic heterocycles. The van der Waals surface area contributed by atoms with Crippen molar-refractivity contribution in [2.24, 2.45) is 0 Å². The van der Waals surface area contributed by atoms with Gasteiger partial charge in [-0.05, 0) is 35.6 Å². The molecular weight excluding hydrogens is 216 g/mol. The lowest BCUT2D eigenvalue weighted by atomic mass is 10.0. The van der Waals surface area contributed by atoms with E-state index in [4.69, 9.17) is 11.6 Å². The first kappa shape index (κ1) is 9.62. The molecule has 4 heteroatoms. The van der Waals surface area contributed by atoms with Gasteiger partial charge < -0.3 is 0 Å². The molecule has 0 amide bonds. The van der Waals surface area contributed by atoms with Gasteiger partial charge in [-0.15, -0.1) is 5.10 Å². The van der Waals surface area contributed by atoms with Crippen molar-refractivity contribution in [3.63, 3.8) is 0 Å². The van der Waals surface area contributed by atoms with E-state index in [0.29, 0.717) is 0 Å². The molecule has 0 aliphatic rings. The number of nitrogens with zero attached hydrogens (tertiary/aromatic N) is 2. The molecule has 1 aromatic carbocycles. The molecule has 0 spiro atoms. The summed E-state index contributed by atoms with van der Waals surface area (Å²) >= 11 is 7.29. The molecule has 1 heterocycles. The molecule has 0 aliphatic carbocycles. The van der Waals surface area contributed by atoms with Gasteiger partial charge >= 0.3 is 0 Å². The van der Waals surface area contributed by atoms with E-state index >= 15 is 0 Å². The van der Waals surface area contributed by atoms with E-state index in [0.717, 1.165) is 22.7 Å². The van der Waals surface area contributed by atoms with E-state index in [2.05, 4.69) is 16.5 Å². The van der Waals surface area contributed by atoms with Crippen molar-refractivity contribution < 1.29 is 0 Å². The number of hydrogen-bond acceptors (Lipinski definition) is 3. The summed E-state index contributed by atoms with van der Waals surface area (Å²) in [5.41, 5.74) is 3.28. The number of aromatic nitrogens is 2. The minimum atomic E-state index is 0.772. The second kappa shape index (κ2) is 4.07. The normalized spacial score (nSPS) is 10.4. The fraction of sp³-hybridized carbons (Fsp3) is 0.200. The average molecular weight is 225 g/mol. The van der Waals surface area contributed by atoms with Crippen molar-refractivity contribution in [1.82, 2.24) is 9.59 Å². The van der Waals surface area contributed by atoms with E-state index in [1.165, 1.54) is 17.1 Å². The number of halogens is 1. The zero-order chi connectivity index (χ0) is 9.97. The highest BCUT2D eigenvalue weighted by atomic mass is 35.5. The van der Waals surface area contributed by atoms with Gasteiger partial charge in [0, 0.05) is 16.0 Å². The molecule has 0 radical (unpaired) electrons. The summed E-state index contributed by atoms with van der Waals surface area (Å²) < 4.78 is 3.86. The molecule has 72 valence electrons. The van der Waals surface area contributed by atoms with Crippen LogP contribution in [-0.4, -0.2) is 9.59 Å². The first-order chi connectivity index (χ1) is 6.81. The van der Waals surface area contributed by atoms with Crippen molar-refractivity contribution in [2.45, 2.75) is 13.3 Å². The van der Waals surface area contributed by atoms with Crippen LogP contribution in [0.25, 0.3) is 11.3 Å². The molecule has 0 atom stereocenters. The fourth-order valence-corrected chi connectivity index (χ4v) is 2.04. The smallest absolute Gasteiger partial charge is 0.106 e. The van der Waals surface area contributed by atoms with E-state index in [1.54, 1.807) is 0 Å². The van der Waals surface area contributed by atoms with Crippen molar-refractivity contribution in [2.75, 3.05) is 0 Å². The Hall–Kier alpha value is -0.930. The number of hydrogen-bond donors (Lipinski definition) is 0. The van der Waals surface area contributed by atoms with Gasteiger partial charge in [0.2, 0.25) is 0 Å². The summed E-state index contributed by atoms with van der Waals surface area (Å²) in [4.78, 5) is 0. The van der Waals surface area contributed by atoms with Crippen LogP contribution >= 0.6 is 23.1 Å². The zero-order valence-corrected chi connectivity index (χ0v) is 9.27. The Kier molecular flexibility index (Phi) is 2.79. The molecule has 0 saturated heterocycles. The number of benzene rings is 1. The Balaban J connectivity index is 2.53. The summed E-state index contributed by atoms with van der Waals surface area (Å²) in [5.74, 6) is 0. The molecule has 0 unspecified atom stereocenters. The maximum absolute atomic E-state index is 5.92. The van der Waals surface area contributed by atoms with Crippen molar-refractivity contribution >= 4 is 23.1 Å². The van der Waals surface area contributed by atoms with Crippen LogP contribution in [0, 0.1) is 0 Å². The summed E-state index contributed by atoms with van der Waals surface area (Å²) in [6.45, 7) is 2.11.